The summed E-state index contributed by atoms with van der Waals surface area (Å²) in [6, 6.07) is 12.4. The van der Waals surface area contributed by atoms with E-state index in [1.54, 1.807) is 12.1 Å². The molecule has 0 unspecified atom stereocenters. The Balaban J connectivity index is 1.99. The van der Waals surface area contributed by atoms with Gasteiger partial charge in [0.2, 0.25) is 0 Å². The van der Waals surface area contributed by atoms with E-state index in [2.05, 4.69) is 4.98 Å². The predicted octanol–water partition coefficient (Wildman–Crippen LogP) is 3.69. The van der Waals surface area contributed by atoms with Gasteiger partial charge in [-0.3, -0.25) is 0 Å². The number of aromatic nitrogens is 1. The highest BCUT2D eigenvalue weighted by atomic mass is 32.1. The number of hydrogen-bond donors (Lipinski definition) is 1. The zero-order chi connectivity index (χ0) is 13.2. The number of fused-ring (bicyclic) bond motifs is 1. The molecule has 1 heterocycles. The first-order chi connectivity index (χ1) is 9.28. The highest BCUT2D eigenvalue weighted by molar-refractivity contribution is 7.20. The molecule has 96 valence electrons. The number of hydrogen-bond acceptors (Lipinski definition) is 4. The van der Waals surface area contributed by atoms with Gasteiger partial charge >= 0.3 is 0 Å². The number of benzene rings is 2. The van der Waals surface area contributed by atoms with Crippen LogP contribution in [0.1, 0.15) is 5.56 Å². The molecule has 3 nitrogen and oxygen atoms in total. The maximum Gasteiger partial charge on any atom is 0.279 e. The molecular weight excluding hydrogens is 263 g/mol. The van der Waals surface area contributed by atoms with E-state index in [1.165, 1.54) is 17.4 Å². The summed E-state index contributed by atoms with van der Waals surface area (Å²) in [7, 11) is 0. The number of rotatable bonds is 3. The molecule has 2 aromatic carbocycles. The van der Waals surface area contributed by atoms with Gasteiger partial charge in [0, 0.05) is 12.1 Å². The standard InChI is InChI=1S/C14H11FN2OS/c15-10-4-3-6-12(9(10)8-16)18-14-17-11-5-1-2-7-13(11)19-14/h1-7H,8,16H2. The van der Waals surface area contributed by atoms with Crippen molar-refractivity contribution in [1.82, 2.24) is 4.98 Å². The number of para-hydroxylation sites is 1. The summed E-state index contributed by atoms with van der Waals surface area (Å²) in [6.07, 6.45) is 0. The second-order valence-corrected chi connectivity index (χ2v) is 4.96. The highest BCUT2D eigenvalue weighted by Crippen LogP contribution is 2.33. The average Bonchev–Trinajstić information content (AvgIpc) is 2.81. The van der Waals surface area contributed by atoms with Crippen molar-refractivity contribution in [1.29, 1.82) is 0 Å². The van der Waals surface area contributed by atoms with E-state index in [9.17, 15) is 4.39 Å². The molecule has 0 saturated heterocycles. The van der Waals surface area contributed by atoms with Gasteiger partial charge in [-0.1, -0.05) is 29.5 Å². The maximum atomic E-state index is 13.6. The minimum absolute atomic E-state index is 0.0902. The first-order valence-corrected chi connectivity index (χ1v) is 6.60. The Morgan fingerprint density at radius 1 is 1.16 bits per heavy atom. The fraction of sp³-hybridized carbons (Fsp3) is 0.0714. The summed E-state index contributed by atoms with van der Waals surface area (Å²) >= 11 is 1.42. The number of nitrogens with two attached hydrogens (primary N) is 1. The van der Waals surface area contributed by atoms with Gasteiger partial charge in [0.15, 0.2) is 0 Å². The minimum Gasteiger partial charge on any atom is -0.430 e. The summed E-state index contributed by atoms with van der Waals surface area (Å²) in [4.78, 5) is 4.35. The summed E-state index contributed by atoms with van der Waals surface area (Å²) in [5.41, 5.74) is 6.77. The second-order valence-electron chi connectivity index (χ2n) is 3.97. The van der Waals surface area contributed by atoms with Crippen molar-refractivity contribution in [3.8, 4) is 10.9 Å². The molecule has 0 fully saturated rings. The smallest absolute Gasteiger partial charge is 0.279 e. The fourth-order valence-corrected chi connectivity index (χ4v) is 2.65. The van der Waals surface area contributed by atoms with Crippen molar-refractivity contribution in [2.45, 2.75) is 6.54 Å². The Kier molecular flexibility index (Phi) is 3.15. The van der Waals surface area contributed by atoms with Crippen LogP contribution in [0.5, 0.6) is 10.9 Å². The lowest BCUT2D eigenvalue weighted by molar-refractivity contribution is 0.465. The van der Waals surface area contributed by atoms with Crippen molar-refractivity contribution in [2.75, 3.05) is 0 Å². The Morgan fingerprint density at radius 2 is 2.00 bits per heavy atom. The van der Waals surface area contributed by atoms with Crippen molar-refractivity contribution < 1.29 is 9.13 Å². The van der Waals surface area contributed by atoms with Gasteiger partial charge in [-0.15, -0.1) is 0 Å². The van der Waals surface area contributed by atoms with Crippen LogP contribution in [0, 0.1) is 5.82 Å². The van der Waals surface area contributed by atoms with Gasteiger partial charge in [0.25, 0.3) is 5.19 Å². The SMILES string of the molecule is NCc1c(F)cccc1Oc1nc2ccccc2s1. The van der Waals surface area contributed by atoms with E-state index in [0.717, 1.165) is 10.2 Å². The quantitative estimate of drug-likeness (QED) is 0.792. The largest absolute Gasteiger partial charge is 0.430 e. The molecule has 19 heavy (non-hydrogen) atoms. The summed E-state index contributed by atoms with van der Waals surface area (Å²) in [5, 5.41) is 0.488. The van der Waals surface area contributed by atoms with E-state index >= 15 is 0 Å². The second kappa shape index (κ2) is 4.95. The molecule has 3 aromatic rings. The Hall–Kier alpha value is -1.98. The van der Waals surface area contributed by atoms with Crippen molar-refractivity contribution >= 4 is 21.6 Å². The van der Waals surface area contributed by atoms with Gasteiger partial charge in [-0.05, 0) is 24.3 Å². The summed E-state index contributed by atoms with van der Waals surface area (Å²) in [5.74, 6) is 0.0580. The minimum atomic E-state index is -0.360. The fourth-order valence-electron chi connectivity index (χ4n) is 1.82. The third-order valence-corrected chi connectivity index (χ3v) is 3.67. The highest BCUT2D eigenvalue weighted by Gasteiger charge is 2.11. The maximum absolute atomic E-state index is 13.6. The van der Waals surface area contributed by atoms with Crippen LogP contribution < -0.4 is 10.5 Å². The van der Waals surface area contributed by atoms with Gasteiger partial charge in [-0.2, -0.15) is 0 Å². The monoisotopic (exact) mass is 274 g/mol. The molecule has 0 bridgehead atoms. The molecule has 0 radical (unpaired) electrons. The third kappa shape index (κ3) is 2.30. The van der Waals surface area contributed by atoms with Crippen LogP contribution in [0.15, 0.2) is 42.5 Å². The first kappa shape index (κ1) is 12.1. The Morgan fingerprint density at radius 3 is 2.79 bits per heavy atom. The lowest BCUT2D eigenvalue weighted by atomic mass is 10.2. The molecule has 0 amide bonds. The number of ether oxygens (including phenoxy) is 1. The zero-order valence-electron chi connectivity index (χ0n) is 9.97. The first-order valence-electron chi connectivity index (χ1n) is 5.79. The summed E-state index contributed by atoms with van der Waals surface area (Å²) in [6.45, 7) is 0.0902. The van der Waals surface area contributed by atoms with Crippen molar-refractivity contribution in [2.24, 2.45) is 5.73 Å². The lowest BCUT2D eigenvalue weighted by Crippen LogP contribution is -2.02. The molecule has 0 saturated carbocycles. The van der Waals surface area contributed by atoms with Crippen LogP contribution in [0.25, 0.3) is 10.2 Å². The molecular formula is C14H11FN2OS. The normalized spacial score (nSPS) is 10.8. The van der Waals surface area contributed by atoms with E-state index < -0.39 is 0 Å². The van der Waals surface area contributed by atoms with Crippen LogP contribution in [-0.2, 0) is 6.54 Å². The van der Waals surface area contributed by atoms with Gasteiger partial charge in [-0.25, -0.2) is 9.37 Å². The summed E-state index contributed by atoms with van der Waals surface area (Å²) < 4.78 is 20.3. The van der Waals surface area contributed by atoms with Crippen LogP contribution in [0.3, 0.4) is 0 Å². The molecule has 5 heteroatoms. The third-order valence-electron chi connectivity index (χ3n) is 2.75. The Labute approximate surface area is 113 Å². The zero-order valence-corrected chi connectivity index (χ0v) is 10.8. The molecule has 0 aliphatic rings. The van der Waals surface area contributed by atoms with Crippen molar-refractivity contribution in [3.05, 3.63) is 53.8 Å². The predicted molar refractivity (Wildman–Crippen MR) is 74.0 cm³/mol. The molecule has 0 aliphatic heterocycles. The van der Waals surface area contributed by atoms with Gasteiger partial charge in [0.1, 0.15) is 11.6 Å². The van der Waals surface area contributed by atoms with E-state index in [1.807, 2.05) is 24.3 Å². The molecule has 0 spiro atoms. The van der Waals surface area contributed by atoms with Gasteiger partial charge < -0.3 is 10.5 Å². The molecule has 1 aromatic heterocycles. The topological polar surface area (TPSA) is 48.1 Å². The average molecular weight is 274 g/mol. The molecule has 2 N–H and O–H groups in total. The van der Waals surface area contributed by atoms with Crippen molar-refractivity contribution in [3.63, 3.8) is 0 Å². The molecule has 3 rings (SSSR count). The molecule has 0 atom stereocenters. The number of thiazole rings is 1. The number of halogens is 1. The van der Waals surface area contributed by atoms with E-state index in [-0.39, 0.29) is 12.4 Å². The van der Waals surface area contributed by atoms with Crippen LogP contribution >= 0.6 is 11.3 Å². The van der Waals surface area contributed by atoms with Gasteiger partial charge in [0.05, 0.1) is 10.2 Å². The van der Waals surface area contributed by atoms with Crippen LogP contribution in [-0.4, -0.2) is 4.98 Å². The van der Waals surface area contributed by atoms with E-state index in [0.29, 0.717) is 16.5 Å². The van der Waals surface area contributed by atoms with Crippen LogP contribution in [0.2, 0.25) is 0 Å². The Bertz CT molecular complexity index is 693. The number of nitrogens with zero attached hydrogens (tertiary/aromatic N) is 1. The lowest BCUT2D eigenvalue weighted by Gasteiger charge is -2.07. The van der Waals surface area contributed by atoms with Crippen LogP contribution in [0.4, 0.5) is 4.39 Å². The van der Waals surface area contributed by atoms with E-state index in [4.69, 9.17) is 10.5 Å². The molecule has 0 aliphatic carbocycles.